The van der Waals surface area contributed by atoms with Crippen molar-refractivity contribution in [3.05, 3.63) is 18.3 Å². The van der Waals surface area contributed by atoms with Crippen LogP contribution in [0.4, 0.5) is 5.82 Å². The molecule has 0 saturated carbocycles. The molecule has 1 aromatic rings. The van der Waals surface area contributed by atoms with E-state index in [1.165, 1.54) is 12.3 Å². The number of pyridine rings is 1. The van der Waals surface area contributed by atoms with E-state index in [2.05, 4.69) is 15.6 Å². The van der Waals surface area contributed by atoms with E-state index in [0.717, 1.165) is 6.26 Å². The van der Waals surface area contributed by atoms with E-state index in [4.69, 9.17) is 0 Å². The fraction of sp³-hybridized carbons (Fsp3) is 0.455. The highest BCUT2D eigenvalue weighted by Gasteiger charge is 2.18. The van der Waals surface area contributed by atoms with Gasteiger partial charge in [0, 0.05) is 19.0 Å². The second kappa shape index (κ2) is 5.81. The average Bonchev–Trinajstić information content (AvgIpc) is 2.28. The Hall–Kier alpha value is -1.63. The third kappa shape index (κ3) is 3.69. The third-order valence-electron chi connectivity index (χ3n) is 2.27. The molecule has 0 bridgehead atoms. The van der Waals surface area contributed by atoms with Crippen LogP contribution < -0.4 is 10.6 Å². The van der Waals surface area contributed by atoms with E-state index in [9.17, 15) is 13.2 Å². The summed E-state index contributed by atoms with van der Waals surface area (Å²) in [6.45, 7) is 3.98. The van der Waals surface area contributed by atoms with Crippen molar-refractivity contribution in [2.45, 2.75) is 24.8 Å². The zero-order valence-electron chi connectivity index (χ0n) is 10.6. The molecule has 6 nitrogen and oxygen atoms in total. The van der Waals surface area contributed by atoms with Crippen molar-refractivity contribution in [2.75, 3.05) is 18.1 Å². The van der Waals surface area contributed by atoms with Crippen molar-refractivity contribution in [3.8, 4) is 0 Å². The minimum absolute atomic E-state index is 0.0844. The lowest BCUT2D eigenvalue weighted by Gasteiger charge is -2.15. The Morgan fingerprint density at radius 3 is 2.72 bits per heavy atom. The highest BCUT2D eigenvalue weighted by molar-refractivity contribution is 7.90. The maximum absolute atomic E-state index is 11.6. The first kappa shape index (κ1) is 14.4. The number of hydrogen-bond acceptors (Lipinski definition) is 5. The molecule has 0 aromatic carbocycles. The van der Waals surface area contributed by atoms with E-state index in [1.54, 1.807) is 13.0 Å². The first-order valence-corrected chi connectivity index (χ1v) is 7.44. The molecule has 0 saturated heterocycles. The number of anilines is 1. The van der Waals surface area contributed by atoms with Gasteiger partial charge in [0.25, 0.3) is 0 Å². The van der Waals surface area contributed by atoms with Crippen LogP contribution in [0.1, 0.15) is 13.8 Å². The van der Waals surface area contributed by atoms with E-state index in [-0.39, 0.29) is 16.6 Å². The standard InChI is InChI=1S/C11H17N3O3S/c1-4-12-11(15)8(2)14-10-9(18(3,16)17)6-5-7-13-10/h5-8H,4H2,1-3H3,(H,12,15)(H,13,14). The summed E-state index contributed by atoms with van der Waals surface area (Å²) >= 11 is 0. The molecule has 100 valence electrons. The number of carbonyl (C=O) groups is 1. The molecule has 0 aliphatic heterocycles. The van der Waals surface area contributed by atoms with Gasteiger partial charge in [0.15, 0.2) is 9.84 Å². The van der Waals surface area contributed by atoms with Crippen LogP contribution in [-0.4, -0.2) is 38.2 Å². The number of nitrogens with zero attached hydrogens (tertiary/aromatic N) is 1. The summed E-state index contributed by atoms with van der Waals surface area (Å²) in [5.41, 5.74) is 0. The molecule has 7 heteroatoms. The van der Waals surface area contributed by atoms with Crippen LogP contribution in [0.15, 0.2) is 23.2 Å². The molecule has 0 radical (unpaired) electrons. The molecule has 1 amide bonds. The van der Waals surface area contributed by atoms with E-state index in [0.29, 0.717) is 6.54 Å². The minimum Gasteiger partial charge on any atom is -0.358 e. The highest BCUT2D eigenvalue weighted by atomic mass is 32.2. The Morgan fingerprint density at radius 1 is 1.50 bits per heavy atom. The Bertz CT molecular complexity index is 528. The number of nitrogens with one attached hydrogen (secondary N) is 2. The Balaban J connectivity index is 2.95. The van der Waals surface area contributed by atoms with Gasteiger partial charge in [-0.15, -0.1) is 0 Å². The predicted octanol–water partition coefficient (Wildman–Crippen LogP) is 0.422. The van der Waals surface area contributed by atoms with Gasteiger partial charge in [0.05, 0.1) is 0 Å². The number of hydrogen-bond donors (Lipinski definition) is 2. The molecular formula is C11H17N3O3S. The van der Waals surface area contributed by atoms with Gasteiger partial charge in [-0.25, -0.2) is 13.4 Å². The largest absolute Gasteiger partial charge is 0.358 e. The topological polar surface area (TPSA) is 88.2 Å². The smallest absolute Gasteiger partial charge is 0.242 e. The fourth-order valence-electron chi connectivity index (χ4n) is 1.40. The third-order valence-corrected chi connectivity index (χ3v) is 3.40. The van der Waals surface area contributed by atoms with Crippen molar-refractivity contribution in [2.24, 2.45) is 0 Å². The van der Waals surface area contributed by atoms with Crippen molar-refractivity contribution in [1.82, 2.24) is 10.3 Å². The Morgan fingerprint density at radius 2 is 2.17 bits per heavy atom. The maximum atomic E-state index is 11.6. The molecule has 0 aliphatic rings. The van der Waals surface area contributed by atoms with Gasteiger partial charge in [-0.2, -0.15) is 0 Å². The van der Waals surface area contributed by atoms with E-state index >= 15 is 0 Å². The quantitative estimate of drug-likeness (QED) is 0.810. The van der Waals surface area contributed by atoms with Crippen LogP contribution in [0.25, 0.3) is 0 Å². The Kier molecular flexibility index (Phi) is 4.66. The first-order valence-electron chi connectivity index (χ1n) is 5.55. The summed E-state index contributed by atoms with van der Waals surface area (Å²) in [5.74, 6) is -0.0126. The van der Waals surface area contributed by atoms with Crippen molar-refractivity contribution in [3.63, 3.8) is 0 Å². The summed E-state index contributed by atoms with van der Waals surface area (Å²) in [7, 11) is -3.37. The molecule has 1 unspecified atom stereocenters. The molecule has 0 fully saturated rings. The first-order chi connectivity index (χ1) is 8.36. The van der Waals surface area contributed by atoms with Crippen LogP contribution in [0.3, 0.4) is 0 Å². The van der Waals surface area contributed by atoms with E-state index in [1.807, 2.05) is 6.92 Å². The van der Waals surface area contributed by atoms with Crippen LogP contribution >= 0.6 is 0 Å². The highest BCUT2D eigenvalue weighted by Crippen LogP contribution is 2.18. The van der Waals surface area contributed by atoms with Crippen LogP contribution in [0.5, 0.6) is 0 Å². The molecule has 0 aliphatic carbocycles. The molecule has 1 atom stereocenters. The zero-order chi connectivity index (χ0) is 13.8. The van der Waals surface area contributed by atoms with Gasteiger partial charge in [0.2, 0.25) is 5.91 Å². The second-order valence-corrected chi connectivity index (χ2v) is 5.87. The van der Waals surface area contributed by atoms with Gasteiger partial charge in [0.1, 0.15) is 16.8 Å². The Labute approximate surface area is 107 Å². The number of amides is 1. The van der Waals surface area contributed by atoms with Crippen molar-refractivity contribution >= 4 is 21.6 Å². The lowest BCUT2D eigenvalue weighted by Crippen LogP contribution is -2.37. The maximum Gasteiger partial charge on any atom is 0.242 e. The molecule has 1 heterocycles. The minimum atomic E-state index is -3.37. The number of carbonyl (C=O) groups excluding carboxylic acids is 1. The van der Waals surface area contributed by atoms with Gasteiger partial charge in [-0.05, 0) is 26.0 Å². The lowest BCUT2D eigenvalue weighted by atomic mass is 10.3. The van der Waals surface area contributed by atoms with Gasteiger partial charge in [-0.3, -0.25) is 4.79 Å². The van der Waals surface area contributed by atoms with Gasteiger partial charge >= 0.3 is 0 Å². The lowest BCUT2D eigenvalue weighted by molar-refractivity contribution is -0.121. The number of aromatic nitrogens is 1. The van der Waals surface area contributed by atoms with Crippen LogP contribution in [0, 0.1) is 0 Å². The summed E-state index contributed by atoms with van der Waals surface area (Å²) in [4.78, 5) is 15.6. The van der Waals surface area contributed by atoms with Crippen LogP contribution in [0.2, 0.25) is 0 Å². The average molecular weight is 271 g/mol. The van der Waals surface area contributed by atoms with Crippen molar-refractivity contribution < 1.29 is 13.2 Å². The summed E-state index contributed by atoms with van der Waals surface area (Å²) < 4.78 is 23.1. The van der Waals surface area contributed by atoms with Crippen LogP contribution in [-0.2, 0) is 14.6 Å². The normalized spacial score (nSPS) is 12.8. The molecular weight excluding hydrogens is 254 g/mol. The predicted molar refractivity (Wildman–Crippen MR) is 69.1 cm³/mol. The molecule has 2 N–H and O–H groups in total. The van der Waals surface area contributed by atoms with Crippen molar-refractivity contribution in [1.29, 1.82) is 0 Å². The number of rotatable bonds is 5. The van der Waals surface area contributed by atoms with Gasteiger partial charge < -0.3 is 10.6 Å². The fourth-order valence-corrected chi connectivity index (χ4v) is 2.18. The zero-order valence-corrected chi connectivity index (χ0v) is 11.4. The second-order valence-electron chi connectivity index (χ2n) is 3.88. The van der Waals surface area contributed by atoms with Gasteiger partial charge in [-0.1, -0.05) is 0 Å². The number of likely N-dealkylation sites (N-methyl/N-ethyl adjacent to an activating group) is 1. The summed E-state index contributed by atoms with van der Waals surface area (Å²) in [5, 5.41) is 5.44. The summed E-state index contributed by atoms with van der Waals surface area (Å²) in [6, 6.07) is 2.44. The monoisotopic (exact) mass is 271 g/mol. The molecule has 0 spiro atoms. The molecule has 1 rings (SSSR count). The SMILES string of the molecule is CCNC(=O)C(C)Nc1ncccc1S(C)(=O)=O. The molecule has 1 aromatic heterocycles. The number of sulfone groups is 1. The summed E-state index contributed by atoms with van der Waals surface area (Å²) in [6.07, 6.45) is 2.58. The molecule has 18 heavy (non-hydrogen) atoms. The van der Waals surface area contributed by atoms with E-state index < -0.39 is 15.9 Å².